The van der Waals surface area contributed by atoms with Crippen LogP contribution in [-0.4, -0.2) is 58.5 Å². The van der Waals surface area contributed by atoms with E-state index in [0.717, 1.165) is 13.0 Å². The first kappa shape index (κ1) is 17.2. The Morgan fingerprint density at radius 3 is 2.92 bits per heavy atom. The van der Waals surface area contributed by atoms with Crippen molar-refractivity contribution in [3.8, 4) is 5.75 Å². The Morgan fingerprint density at radius 2 is 2.16 bits per heavy atom. The molecule has 0 radical (unpaired) electrons. The largest absolute Gasteiger partial charge is 0.484 e. The summed E-state index contributed by atoms with van der Waals surface area (Å²) in [5.74, 6) is 1.89. The topological polar surface area (TPSA) is 84.6 Å². The van der Waals surface area contributed by atoms with E-state index in [-0.39, 0.29) is 18.6 Å². The lowest BCUT2D eigenvalue weighted by Gasteiger charge is -2.24. The molecule has 1 aromatic carbocycles. The van der Waals surface area contributed by atoms with Gasteiger partial charge in [-0.1, -0.05) is 18.2 Å². The van der Waals surface area contributed by atoms with Crippen molar-refractivity contribution >= 4 is 11.7 Å². The van der Waals surface area contributed by atoms with Gasteiger partial charge < -0.3 is 15.4 Å². The molecule has 1 aliphatic heterocycles. The number of hydrogen-bond acceptors (Lipinski definition) is 6. The number of rotatable bonds is 6. The number of amides is 1. The molecule has 0 aliphatic carbocycles. The summed E-state index contributed by atoms with van der Waals surface area (Å²) in [4.78, 5) is 24.8. The van der Waals surface area contributed by atoms with Gasteiger partial charge in [-0.2, -0.15) is 0 Å². The molecule has 2 N–H and O–H groups in total. The second kappa shape index (κ2) is 7.94. The average molecular weight is 341 g/mol. The average Bonchev–Trinajstić information content (AvgIpc) is 3.11. The standard InChI is InChI=1S/C18H23N5O2/c1-22(12-17-20-9-7-16(19)21-17)14-8-10-23(11-14)18(24)13-25-15-5-3-2-4-6-15/h2-7,9,14H,8,10-13H2,1H3,(H2,19,20,21). The molecule has 1 saturated heterocycles. The normalized spacial score (nSPS) is 17.0. The maximum atomic E-state index is 12.3. The van der Waals surface area contributed by atoms with Gasteiger partial charge in [-0.05, 0) is 31.7 Å². The maximum Gasteiger partial charge on any atom is 0.260 e. The molecule has 7 heteroatoms. The molecule has 1 aliphatic rings. The number of para-hydroxylation sites is 1. The summed E-state index contributed by atoms with van der Waals surface area (Å²) in [6.07, 6.45) is 2.59. The van der Waals surface area contributed by atoms with Gasteiger partial charge in [0.15, 0.2) is 6.61 Å². The summed E-state index contributed by atoms with van der Waals surface area (Å²) in [6, 6.07) is 11.3. The van der Waals surface area contributed by atoms with Crippen LogP contribution in [0.15, 0.2) is 42.6 Å². The number of carbonyl (C=O) groups excluding carboxylic acids is 1. The van der Waals surface area contributed by atoms with E-state index in [2.05, 4.69) is 14.9 Å². The van der Waals surface area contributed by atoms with Crippen LogP contribution in [0, 0.1) is 0 Å². The molecule has 1 unspecified atom stereocenters. The predicted octanol–water partition coefficient (Wildman–Crippen LogP) is 1.17. The van der Waals surface area contributed by atoms with Crippen molar-refractivity contribution in [3.63, 3.8) is 0 Å². The zero-order valence-corrected chi connectivity index (χ0v) is 14.3. The Morgan fingerprint density at radius 1 is 1.36 bits per heavy atom. The minimum Gasteiger partial charge on any atom is -0.484 e. The number of ether oxygens (including phenoxy) is 1. The van der Waals surface area contributed by atoms with Crippen LogP contribution >= 0.6 is 0 Å². The summed E-state index contributed by atoms with van der Waals surface area (Å²) in [5, 5.41) is 0. The highest BCUT2D eigenvalue weighted by atomic mass is 16.5. The second-order valence-corrected chi connectivity index (χ2v) is 6.20. The van der Waals surface area contributed by atoms with Crippen LogP contribution in [-0.2, 0) is 11.3 Å². The van der Waals surface area contributed by atoms with Gasteiger partial charge in [-0.15, -0.1) is 0 Å². The second-order valence-electron chi connectivity index (χ2n) is 6.20. The van der Waals surface area contributed by atoms with Crippen LogP contribution in [0.25, 0.3) is 0 Å². The quantitative estimate of drug-likeness (QED) is 0.849. The third kappa shape index (κ3) is 4.67. The smallest absolute Gasteiger partial charge is 0.260 e. The van der Waals surface area contributed by atoms with Crippen LogP contribution in [0.4, 0.5) is 5.82 Å². The van der Waals surface area contributed by atoms with Gasteiger partial charge in [0.2, 0.25) is 0 Å². The summed E-state index contributed by atoms with van der Waals surface area (Å²) in [5.41, 5.74) is 5.69. The molecule has 1 fully saturated rings. The first-order chi connectivity index (χ1) is 12.1. The number of anilines is 1. The van der Waals surface area contributed by atoms with Gasteiger partial charge in [0.1, 0.15) is 17.4 Å². The Kier molecular flexibility index (Phi) is 5.45. The Hall–Kier alpha value is -2.67. The predicted molar refractivity (Wildman–Crippen MR) is 94.8 cm³/mol. The Bertz CT molecular complexity index is 710. The number of benzene rings is 1. The van der Waals surface area contributed by atoms with Crippen molar-refractivity contribution in [1.82, 2.24) is 19.8 Å². The first-order valence-electron chi connectivity index (χ1n) is 8.35. The fourth-order valence-electron chi connectivity index (χ4n) is 2.92. The third-order valence-electron chi connectivity index (χ3n) is 4.36. The number of likely N-dealkylation sites (tertiary alicyclic amines) is 1. The maximum absolute atomic E-state index is 12.3. The zero-order valence-electron chi connectivity index (χ0n) is 14.3. The summed E-state index contributed by atoms with van der Waals surface area (Å²) < 4.78 is 5.55. The zero-order chi connectivity index (χ0) is 17.6. The number of carbonyl (C=O) groups is 1. The molecule has 1 amide bonds. The van der Waals surface area contributed by atoms with Gasteiger partial charge in [0, 0.05) is 25.3 Å². The van der Waals surface area contributed by atoms with E-state index >= 15 is 0 Å². The van der Waals surface area contributed by atoms with E-state index in [1.807, 2.05) is 42.3 Å². The number of nitrogens with zero attached hydrogens (tertiary/aromatic N) is 4. The van der Waals surface area contributed by atoms with Crippen molar-refractivity contribution in [2.75, 3.05) is 32.5 Å². The lowest BCUT2D eigenvalue weighted by Crippen LogP contribution is -2.38. The van der Waals surface area contributed by atoms with Crippen molar-refractivity contribution in [3.05, 3.63) is 48.4 Å². The molecular formula is C18H23N5O2. The number of nitrogens with two attached hydrogens (primary N) is 1. The van der Waals surface area contributed by atoms with Crippen molar-refractivity contribution in [2.45, 2.75) is 19.0 Å². The van der Waals surface area contributed by atoms with E-state index in [1.165, 1.54) is 0 Å². The number of nitrogen functional groups attached to an aromatic ring is 1. The molecule has 0 bridgehead atoms. The lowest BCUT2D eigenvalue weighted by atomic mass is 10.2. The van der Waals surface area contributed by atoms with Crippen LogP contribution in [0.3, 0.4) is 0 Å². The van der Waals surface area contributed by atoms with Gasteiger partial charge in [-0.3, -0.25) is 9.69 Å². The minimum absolute atomic E-state index is 0.0139. The highest BCUT2D eigenvalue weighted by Crippen LogP contribution is 2.17. The van der Waals surface area contributed by atoms with Gasteiger partial charge in [0.25, 0.3) is 5.91 Å². The van der Waals surface area contributed by atoms with Crippen molar-refractivity contribution < 1.29 is 9.53 Å². The van der Waals surface area contributed by atoms with Gasteiger partial charge >= 0.3 is 0 Å². The first-order valence-corrected chi connectivity index (χ1v) is 8.35. The molecule has 2 aromatic rings. The number of likely N-dealkylation sites (N-methyl/N-ethyl adjacent to an activating group) is 1. The molecule has 1 atom stereocenters. The highest BCUT2D eigenvalue weighted by molar-refractivity contribution is 5.78. The Balaban J connectivity index is 1.48. The van der Waals surface area contributed by atoms with E-state index in [4.69, 9.17) is 10.5 Å². The highest BCUT2D eigenvalue weighted by Gasteiger charge is 2.29. The molecule has 2 heterocycles. The summed E-state index contributed by atoms with van der Waals surface area (Å²) >= 11 is 0. The molecule has 132 valence electrons. The van der Waals surface area contributed by atoms with Crippen LogP contribution in [0.1, 0.15) is 12.2 Å². The molecule has 3 rings (SSSR count). The van der Waals surface area contributed by atoms with Gasteiger partial charge in [-0.25, -0.2) is 9.97 Å². The lowest BCUT2D eigenvalue weighted by molar-refractivity contribution is -0.132. The Labute approximate surface area is 147 Å². The molecular weight excluding hydrogens is 318 g/mol. The SMILES string of the molecule is CN(Cc1nccc(N)n1)C1CCN(C(=O)COc2ccccc2)C1. The monoisotopic (exact) mass is 341 g/mol. The molecule has 25 heavy (non-hydrogen) atoms. The van der Waals surface area contributed by atoms with E-state index < -0.39 is 0 Å². The molecule has 0 spiro atoms. The molecule has 1 aromatic heterocycles. The summed E-state index contributed by atoms with van der Waals surface area (Å²) in [6.45, 7) is 2.11. The van der Waals surface area contributed by atoms with Crippen LogP contribution in [0.2, 0.25) is 0 Å². The van der Waals surface area contributed by atoms with Crippen molar-refractivity contribution in [2.24, 2.45) is 0 Å². The number of aromatic nitrogens is 2. The van der Waals surface area contributed by atoms with E-state index in [9.17, 15) is 4.79 Å². The number of hydrogen-bond donors (Lipinski definition) is 1. The van der Waals surface area contributed by atoms with Gasteiger partial charge in [0.05, 0.1) is 6.54 Å². The fraction of sp³-hybridized carbons (Fsp3) is 0.389. The van der Waals surface area contributed by atoms with Crippen molar-refractivity contribution in [1.29, 1.82) is 0 Å². The fourth-order valence-corrected chi connectivity index (χ4v) is 2.92. The third-order valence-corrected chi connectivity index (χ3v) is 4.36. The molecule has 0 saturated carbocycles. The minimum atomic E-state index is 0.0139. The van der Waals surface area contributed by atoms with Crippen LogP contribution < -0.4 is 10.5 Å². The van der Waals surface area contributed by atoms with E-state index in [1.54, 1.807) is 12.3 Å². The van der Waals surface area contributed by atoms with Crippen LogP contribution in [0.5, 0.6) is 5.75 Å². The summed E-state index contributed by atoms with van der Waals surface area (Å²) in [7, 11) is 2.02. The van der Waals surface area contributed by atoms with E-state index in [0.29, 0.717) is 30.5 Å². The molecule has 7 nitrogen and oxygen atoms in total.